The van der Waals surface area contributed by atoms with Crippen molar-refractivity contribution in [1.82, 2.24) is 0 Å². The first kappa shape index (κ1) is 30.7. The molecule has 1 aliphatic heterocycles. The minimum Gasteiger partial charge on any atom is -0.297 e. The predicted octanol–water partition coefficient (Wildman–Crippen LogP) is 8.05. The van der Waals surface area contributed by atoms with Crippen molar-refractivity contribution in [3.8, 4) is 0 Å². The number of nitrogens with zero attached hydrogens (tertiary/aromatic N) is 2. The summed E-state index contributed by atoms with van der Waals surface area (Å²) in [5.41, 5.74) is 2.55. The van der Waals surface area contributed by atoms with Gasteiger partial charge >= 0.3 is 0 Å². The fourth-order valence-corrected chi connectivity index (χ4v) is 8.79. The number of hydrogen-bond donors (Lipinski definition) is 0. The maximum atomic E-state index is 16.0. The Hall–Kier alpha value is -5.66. The lowest BCUT2D eigenvalue weighted by atomic mass is 9.59. The summed E-state index contributed by atoms with van der Waals surface area (Å²) >= 11 is 6.62. The van der Waals surface area contributed by atoms with Gasteiger partial charge < -0.3 is 0 Å². The molecule has 0 aromatic heterocycles. The first-order valence-electron chi connectivity index (χ1n) is 16.0. The monoisotopic (exact) mass is 664 g/mol. The lowest BCUT2D eigenvalue weighted by Crippen LogP contribution is -2.45. The van der Waals surface area contributed by atoms with Crippen molar-refractivity contribution in [2.24, 2.45) is 11.8 Å². The van der Waals surface area contributed by atoms with E-state index in [9.17, 15) is 10.1 Å². The number of carbonyl (C=O) groups excluding carboxylic acids is 3. The van der Waals surface area contributed by atoms with Crippen LogP contribution >= 0.6 is 11.6 Å². The molecule has 2 aliphatic carbocycles. The van der Waals surface area contributed by atoms with Gasteiger partial charge in [0.15, 0.2) is 5.78 Å². The van der Waals surface area contributed by atoms with Crippen molar-refractivity contribution in [2.75, 3.05) is 4.90 Å². The summed E-state index contributed by atoms with van der Waals surface area (Å²) in [6, 6.07) is 38.0. The van der Waals surface area contributed by atoms with Crippen LogP contribution in [0.25, 0.3) is 11.1 Å². The molecule has 1 heterocycles. The molecule has 2 amide bonds. The molecule has 5 aromatic rings. The molecule has 5 aromatic carbocycles. The number of benzene rings is 5. The molecular formula is C41H29ClN2O5. The lowest BCUT2D eigenvalue weighted by molar-refractivity contribution is -0.384. The van der Waals surface area contributed by atoms with E-state index in [0.29, 0.717) is 22.3 Å². The number of hydrogen-bond acceptors (Lipinski definition) is 5. The van der Waals surface area contributed by atoms with E-state index in [-0.39, 0.29) is 22.2 Å². The Morgan fingerprint density at radius 3 is 1.47 bits per heavy atom. The van der Waals surface area contributed by atoms with Gasteiger partial charge in [0.25, 0.3) is 5.69 Å². The lowest BCUT2D eigenvalue weighted by Gasteiger charge is -2.39. The largest absolute Gasteiger partial charge is 0.297 e. The Morgan fingerprint density at radius 2 is 1.06 bits per heavy atom. The van der Waals surface area contributed by atoms with Gasteiger partial charge in [-0.1, -0.05) is 132 Å². The van der Waals surface area contributed by atoms with Gasteiger partial charge in [-0.05, 0) is 53.3 Å². The molecule has 8 rings (SSSR count). The Bertz CT molecular complexity index is 2120. The van der Waals surface area contributed by atoms with Crippen molar-refractivity contribution < 1.29 is 19.3 Å². The number of non-ortho nitro benzene ring substituents is 1. The number of Topliss-reactive ketones (excluding diaryl/α,β-unsaturated/α-hetero) is 1. The van der Waals surface area contributed by atoms with Crippen LogP contribution in [0.2, 0.25) is 5.02 Å². The number of amides is 2. The van der Waals surface area contributed by atoms with Gasteiger partial charge in [0.2, 0.25) is 11.8 Å². The Labute approximate surface area is 287 Å². The van der Waals surface area contributed by atoms with E-state index < -0.39 is 39.4 Å². The zero-order chi connectivity index (χ0) is 34.2. The highest BCUT2D eigenvalue weighted by atomic mass is 35.5. The Morgan fingerprint density at radius 1 is 0.633 bits per heavy atom. The highest BCUT2D eigenvalue weighted by Crippen LogP contribution is 2.74. The number of rotatable bonds is 6. The molecule has 49 heavy (non-hydrogen) atoms. The second kappa shape index (κ2) is 10.9. The number of fused-ring (bicyclic) bond motifs is 5. The first-order chi connectivity index (χ1) is 23.6. The van der Waals surface area contributed by atoms with Gasteiger partial charge in [-0.3, -0.25) is 24.5 Å². The van der Waals surface area contributed by atoms with E-state index in [0.717, 1.165) is 33.2 Å². The average molecular weight is 665 g/mol. The van der Waals surface area contributed by atoms with Crippen LogP contribution in [0.4, 0.5) is 11.4 Å². The van der Waals surface area contributed by atoms with Crippen LogP contribution in [0, 0.1) is 35.8 Å². The van der Waals surface area contributed by atoms with E-state index in [4.69, 9.17) is 11.6 Å². The molecule has 2 fully saturated rings. The minimum absolute atomic E-state index is 0.0129. The third-order valence-corrected chi connectivity index (χ3v) is 10.8. The summed E-state index contributed by atoms with van der Waals surface area (Å²) in [7, 11) is 0. The van der Waals surface area contributed by atoms with Gasteiger partial charge in [-0.15, -0.1) is 0 Å². The van der Waals surface area contributed by atoms with Crippen LogP contribution in [-0.4, -0.2) is 22.5 Å². The summed E-state index contributed by atoms with van der Waals surface area (Å²) in [6.45, 7) is 3.97. The van der Waals surface area contributed by atoms with Crippen molar-refractivity contribution in [1.29, 1.82) is 0 Å². The summed E-state index contributed by atoms with van der Waals surface area (Å²) in [4.78, 5) is 58.5. The van der Waals surface area contributed by atoms with E-state index in [2.05, 4.69) is 0 Å². The maximum absolute atomic E-state index is 16.0. The summed E-state index contributed by atoms with van der Waals surface area (Å²) in [5.74, 6) is -3.84. The highest BCUT2D eigenvalue weighted by Gasteiger charge is 2.82. The molecular weight excluding hydrogens is 636 g/mol. The Kier molecular flexibility index (Phi) is 6.84. The van der Waals surface area contributed by atoms with E-state index >= 15 is 14.4 Å². The SMILES string of the molecule is Cc1ccc(C2=C(c3ccc(C)cc3)[C@@]3(c4ccccc4)C(=O)[C@@]2(c2ccccc2)[C@@H]2C(=O)N(c4cc([N+](=O)[O-])ccc4Cl)C(=O)[C@@H]23)cc1. The summed E-state index contributed by atoms with van der Waals surface area (Å²) in [6.07, 6.45) is 0. The maximum Gasteiger partial charge on any atom is 0.271 e. The van der Waals surface area contributed by atoms with Crippen LogP contribution in [0.3, 0.4) is 0 Å². The third kappa shape index (κ3) is 3.99. The second-order valence-corrected chi connectivity index (χ2v) is 13.4. The Balaban J connectivity index is 1.54. The van der Waals surface area contributed by atoms with Crippen molar-refractivity contribution >= 4 is 51.7 Å². The molecule has 8 heteroatoms. The summed E-state index contributed by atoms with van der Waals surface area (Å²) in [5, 5.41) is 11.9. The zero-order valence-electron chi connectivity index (χ0n) is 26.6. The fraction of sp³-hybridized carbons (Fsp3) is 0.146. The van der Waals surface area contributed by atoms with Crippen molar-refractivity contribution in [3.63, 3.8) is 0 Å². The molecule has 3 aliphatic rings. The number of allylic oxidation sites excluding steroid dienone is 2. The fourth-order valence-electron chi connectivity index (χ4n) is 8.59. The molecule has 240 valence electrons. The molecule has 0 N–H and O–H groups in total. The highest BCUT2D eigenvalue weighted by molar-refractivity contribution is 6.41. The van der Waals surface area contributed by atoms with Gasteiger partial charge in [-0.25, -0.2) is 4.90 Å². The molecule has 7 nitrogen and oxygen atoms in total. The minimum atomic E-state index is -1.59. The second-order valence-electron chi connectivity index (χ2n) is 13.0. The third-order valence-electron chi connectivity index (χ3n) is 10.5. The number of carbonyl (C=O) groups is 3. The predicted molar refractivity (Wildman–Crippen MR) is 188 cm³/mol. The van der Waals surface area contributed by atoms with Gasteiger partial charge in [0, 0.05) is 12.1 Å². The number of aryl methyl sites for hydroxylation is 2. The van der Waals surface area contributed by atoms with Gasteiger partial charge in [0.1, 0.15) is 0 Å². The van der Waals surface area contributed by atoms with Crippen molar-refractivity contribution in [2.45, 2.75) is 24.7 Å². The molecule has 1 saturated heterocycles. The molecule has 4 atom stereocenters. The van der Waals surface area contributed by atoms with Gasteiger partial charge in [0.05, 0.1) is 38.3 Å². The smallest absolute Gasteiger partial charge is 0.271 e. The van der Waals surface area contributed by atoms with Gasteiger partial charge in [-0.2, -0.15) is 0 Å². The number of anilines is 1. The first-order valence-corrected chi connectivity index (χ1v) is 16.4. The van der Waals surface area contributed by atoms with Crippen LogP contribution in [0.1, 0.15) is 33.4 Å². The number of nitro groups is 1. The molecule has 0 unspecified atom stereocenters. The number of nitro benzene ring substituents is 1. The number of halogens is 1. The van der Waals surface area contributed by atoms with Crippen LogP contribution in [-0.2, 0) is 25.2 Å². The van der Waals surface area contributed by atoms with Crippen molar-refractivity contribution in [3.05, 3.63) is 176 Å². The normalized spacial score (nSPS) is 24.1. The van der Waals surface area contributed by atoms with Crippen LogP contribution in [0.5, 0.6) is 0 Å². The van der Waals surface area contributed by atoms with Crippen LogP contribution < -0.4 is 4.90 Å². The molecule has 0 spiro atoms. The standard InChI is InChI=1S/C41H29ClN2O5/c1-24-13-17-26(18-14-24)33-34(27-19-15-25(2)16-20-27)41(29-11-7-4-8-12-29)36-35(40(33,39(41)47)28-9-5-3-6-10-28)37(45)43(38(36)46)32-23-30(44(48)49)21-22-31(32)42/h3-23,35-36H,1-2H3/t35-,36+,40-,41-/m1/s1. The summed E-state index contributed by atoms with van der Waals surface area (Å²) < 4.78 is 0. The molecule has 0 radical (unpaired) electrons. The van der Waals surface area contributed by atoms with Crippen LogP contribution in [0.15, 0.2) is 127 Å². The zero-order valence-corrected chi connectivity index (χ0v) is 27.3. The van der Waals surface area contributed by atoms with E-state index in [1.165, 1.54) is 12.1 Å². The topological polar surface area (TPSA) is 97.6 Å². The van der Waals surface area contributed by atoms with E-state index in [1.54, 1.807) is 0 Å². The number of ketones is 1. The molecule has 1 saturated carbocycles. The quantitative estimate of drug-likeness (QED) is 0.104. The number of imide groups is 1. The average Bonchev–Trinajstić information content (AvgIpc) is 3.62. The molecule has 2 bridgehead atoms. The van der Waals surface area contributed by atoms with E-state index in [1.807, 2.05) is 123 Å².